The van der Waals surface area contributed by atoms with Gasteiger partial charge >= 0.3 is 0 Å². The highest BCUT2D eigenvalue weighted by Gasteiger charge is 2.22. The van der Waals surface area contributed by atoms with Crippen LogP contribution in [-0.2, 0) is 17.9 Å². The van der Waals surface area contributed by atoms with Crippen molar-refractivity contribution in [3.05, 3.63) is 35.4 Å². The molecule has 6 heteroatoms. The van der Waals surface area contributed by atoms with E-state index >= 15 is 0 Å². The van der Waals surface area contributed by atoms with Crippen molar-refractivity contribution in [3.8, 4) is 0 Å². The minimum absolute atomic E-state index is 0. The zero-order valence-electron chi connectivity index (χ0n) is 16.5. The molecule has 4 nitrogen and oxygen atoms in total. The summed E-state index contributed by atoms with van der Waals surface area (Å²) >= 11 is 0. The van der Waals surface area contributed by atoms with Crippen LogP contribution in [0.4, 0.5) is 0 Å². The predicted molar refractivity (Wildman–Crippen MR) is 114 cm³/mol. The standard InChI is InChI=1S/C20H33N3O.2ClH/c1-15-9-16(2)13-23(12-15)14-19-8-6-5-7-18(19)11-22-20(24)17(3)10-21-4;;/h5-8,15-17,21H,9-14H2,1-4H3,(H,22,24);2*1H. The molecule has 0 aliphatic carbocycles. The first-order chi connectivity index (χ1) is 11.5. The second kappa shape index (κ2) is 12.6. The van der Waals surface area contributed by atoms with Crippen LogP contribution in [0.1, 0.15) is 38.3 Å². The molecule has 1 aliphatic rings. The average molecular weight is 404 g/mol. The van der Waals surface area contributed by atoms with Gasteiger partial charge in [0.2, 0.25) is 5.91 Å². The van der Waals surface area contributed by atoms with Crippen molar-refractivity contribution >= 4 is 30.7 Å². The molecular formula is C20H35Cl2N3O. The molecule has 1 saturated heterocycles. The van der Waals surface area contributed by atoms with Gasteiger partial charge in [0, 0.05) is 38.6 Å². The number of likely N-dealkylation sites (tertiary alicyclic amines) is 1. The SMILES string of the molecule is CNCC(C)C(=O)NCc1ccccc1CN1CC(C)CC(C)C1.Cl.Cl. The number of benzene rings is 1. The Hall–Kier alpha value is -0.810. The molecule has 1 amide bonds. The Balaban J connectivity index is 0.00000312. The van der Waals surface area contributed by atoms with E-state index in [-0.39, 0.29) is 36.6 Å². The van der Waals surface area contributed by atoms with Gasteiger partial charge in [0.1, 0.15) is 0 Å². The molecule has 0 spiro atoms. The molecule has 26 heavy (non-hydrogen) atoms. The zero-order chi connectivity index (χ0) is 17.5. The first-order valence-corrected chi connectivity index (χ1v) is 9.21. The molecule has 1 heterocycles. The lowest BCUT2D eigenvalue weighted by atomic mass is 9.91. The van der Waals surface area contributed by atoms with Gasteiger partial charge in [0.15, 0.2) is 0 Å². The smallest absolute Gasteiger partial charge is 0.224 e. The van der Waals surface area contributed by atoms with Crippen LogP contribution >= 0.6 is 24.8 Å². The molecule has 2 rings (SSSR count). The van der Waals surface area contributed by atoms with Crippen molar-refractivity contribution in [2.24, 2.45) is 17.8 Å². The lowest BCUT2D eigenvalue weighted by Gasteiger charge is -2.35. The zero-order valence-corrected chi connectivity index (χ0v) is 18.1. The number of carbonyl (C=O) groups is 1. The minimum atomic E-state index is -0.00837. The van der Waals surface area contributed by atoms with E-state index < -0.39 is 0 Å². The molecule has 0 bridgehead atoms. The summed E-state index contributed by atoms with van der Waals surface area (Å²) in [6.07, 6.45) is 1.33. The molecular weight excluding hydrogens is 369 g/mol. The van der Waals surface area contributed by atoms with E-state index in [2.05, 4.69) is 53.6 Å². The van der Waals surface area contributed by atoms with Crippen LogP contribution in [0.25, 0.3) is 0 Å². The van der Waals surface area contributed by atoms with Crippen molar-refractivity contribution in [2.45, 2.75) is 40.3 Å². The number of carbonyl (C=O) groups excluding carboxylic acids is 1. The molecule has 0 aromatic heterocycles. The Kier molecular flexibility index (Phi) is 12.2. The van der Waals surface area contributed by atoms with Crippen molar-refractivity contribution in [3.63, 3.8) is 0 Å². The Morgan fingerprint density at radius 2 is 1.73 bits per heavy atom. The molecule has 1 aliphatic heterocycles. The molecule has 3 unspecified atom stereocenters. The van der Waals surface area contributed by atoms with Crippen LogP contribution in [0.5, 0.6) is 0 Å². The van der Waals surface area contributed by atoms with Crippen LogP contribution < -0.4 is 10.6 Å². The summed E-state index contributed by atoms with van der Waals surface area (Å²) in [5.74, 6) is 1.64. The van der Waals surface area contributed by atoms with Crippen molar-refractivity contribution < 1.29 is 4.79 Å². The maximum absolute atomic E-state index is 12.1. The van der Waals surface area contributed by atoms with E-state index in [1.807, 2.05) is 14.0 Å². The Morgan fingerprint density at radius 1 is 1.15 bits per heavy atom. The average Bonchev–Trinajstić information content (AvgIpc) is 2.53. The number of hydrogen-bond donors (Lipinski definition) is 2. The maximum atomic E-state index is 12.1. The topological polar surface area (TPSA) is 44.4 Å². The van der Waals surface area contributed by atoms with E-state index in [1.54, 1.807) is 0 Å². The van der Waals surface area contributed by atoms with E-state index in [4.69, 9.17) is 0 Å². The van der Waals surface area contributed by atoms with Crippen LogP contribution in [0, 0.1) is 17.8 Å². The van der Waals surface area contributed by atoms with Gasteiger partial charge in [-0.25, -0.2) is 0 Å². The highest BCUT2D eigenvalue weighted by molar-refractivity contribution is 5.85. The van der Waals surface area contributed by atoms with E-state index in [1.165, 1.54) is 30.6 Å². The van der Waals surface area contributed by atoms with Gasteiger partial charge < -0.3 is 10.6 Å². The van der Waals surface area contributed by atoms with Gasteiger partial charge in [0.05, 0.1) is 0 Å². The summed E-state index contributed by atoms with van der Waals surface area (Å²) in [6.45, 7) is 11.3. The normalized spacial score (nSPS) is 21.2. The molecule has 0 saturated carbocycles. The summed E-state index contributed by atoms with van der Waals surface area (Å²) < 4.78 is 0. The second-order valence-electron chi connectivity index (χ2n) is 7.59. The fourth-order valence-corrected chi connectivity index (χ4v) is 3.80. The van der Waals surface area contributed by atoms with Crippen LogP contribution in [0.2, 0.25) is 0 Å². The van der Waals surface area contributed by atoms with E-state index in [0.29, 0.717) is 13.1 Å². The molecule has 2 N–H and O–H groups in total. The predicted octanol–water partition coefficient (Wildman–Crippen LogP) is 3.48. The Bertz CT molecular complexity index is 532. The molecule has 1 aromatic carbocycles. The monoisotopic (exact) mass is 403 g/mol. The van der Waals surface area contributed by atoms with Gasteiger partial charge in [-0.1, -0.05) is 45.0 Å². The lowest BCUT2D eigenvalue weighted by Crippen LogP contribution is -2.38. The maximum Gasteiger partial charge on any atom is 0.224 e. The summed E-state index contributed by atoms with van der Waals surface area (Å²) in [4.78, 5) is 14.7. The third-order valence-corrected chi connectivity index (χ3v) is 4.87. The van der Waals surface area contributed by atoms with Crippen LogP contribution in [-0.4, -0.2) is 37.5 Å². The first-order valence-electron chi connectivity index (χ1n) is 9.21. The highest BCUT2D eigenvalue weighted by atomic mass is 35.5. The fraction of sp³-hybridized carbons (Fsp3) is 0.650. The van der Waals surface area contributed by atoms with Crippen LogP contribution in [0.15, 0.2) is 24.3 Å². The van der Waals surface area contributed by atoms with Gasteiger partial charge in [-0.15, -0.1) is 24.8 Å². The molecule has 0 radical (unpaired) electrons. The summed E-state index contributed by atoms with van der Waals surface area (Å²) in [7, 11) is 1.87. The van der Waals surface area contributed by atoms with Crippen LogP contribution in [0.3, 0.4) is 0 Å². The fourth-order valence-electron chi connectivity index (χ4n) is 3.80. The number of nitrogens with one attached hydrogen (secondary N) is 2. The Morgan fingerprint density at radius 3 is 2.31 bits per heavy atom. The van der Waals surface area contributed by atoms with Crippen molar-refractivity contribution in [1.82, 2.24) is 15.5 Å². The first kappa shape index (κ1) is 25.2. The summed E-state index contributed by atoms with van der Waals surface area (Å²) in [6, 6.07) is 8.49. The lowest BCUT2D eigenvalue weighted by molar-refractivity contribution is -0.124. The summed E-state index contributed by atoms with van der Waals surface area (Å²) in [5, 5.41) is 6.13. The number of hydrogen-bond acceptors (Lipinski definition) is 3. The molecule has 1 fully saturated rings. The third-order valence-electron chi connectivity index (χ3n) is 4.87. The van der Waals surface area contributed by atoms with Gasteiger partial charge in [-0.3, -0.25) is 9.69 Å². The van der Waals surface area contributed by atoms with Gasteiger partial charge in [-0.2, -0.15) is 0 Å². The van der Waals surface area contributed by atoms with Gasteiger partial charge in [-0.05, 0) is 36.4 Å². The van der Waals surface area contributed by atoms with Gasteiger partial charge in [0.25, 0.3) is 0 Å². The van der Waals surface area contributed by atoms with E-state index in [0.717, 1.165) is 18.4 Å². The minimum Gasteiger partial charge on any atom is -0.352 e. The number of rotatable bonds is 7. The second-order valence-corrected chi connectivity index (χ2v) is 7.59. The third kappa shape index (κ3) is 7.83. The van der Waals surface area contributed by atoms with Crippen molar-refractivity contribution in [2.75, 3.05) is 26.7 Å². The number of halogens is 2. The number of piperidine rings is 1. The highest BCUT2D eigenvalue weighted by Crippen LogP contribution is 2.23. The molecule has 1 aromatic rings. The quantitative estimate of drug-likeness (QED) is 0.732. The molecule has 3 atom stereocenters. The Labute approximate surface area is 171 Å². The van der Waals surface area contributed by atoms with E-state index in [9.17, 15) is 4.79 Å². The number of nitrogens with zero attached hydrogens (tertiary/aromatic N) is 1. The number of amides is 1. The summed E-state index contributed by atoms with van der Waals surface area (Å²) in [5.41, 5.74) is 2.56. The largest absolute Gasteiger partial charge is 0.352 e. The van der Waals surface area contributed by atoms with Crippen molar-refractivity contribution in [1.29, 1.82) is 0 Å². The molecule has 150 valence electrons.